The molecule has 1 aliphatic rings. The van der Waals surface area contributed by atoms with Gasteiger partial charge in [-0.25, -0.2) is 0 Å². The number of carbonyl (C=O) groups is 1. The van der Waals surface area contributed by atoms with Crippen molar-refractivity contribution in [2.45, 2.75) is 25.0 Å². The van der Waals surface area contributed by atoms with Gasteiger partial charge >= 0.3 is 0 Å². The number of hydrogen-bond acceptors (Lipinski definition) is 3. The Bertz CT molecular complexity index is 657. The highest BCUT2D eigenvalue weighted by Gasteiger charge is 2.23. The van der Waals surface area contributed by atoms with Crippen molar-refractivity contribution in [2.24, 2.45) is 5.73 Å². The van der Waals surface area contributed by atoms with Crippen LogP contribution < -0.4 is 11.1 Å². The van der Waals surface area contributed by atoms with Crippen LogP contribution in [0.1, 0.15) is 35.3 Å². The van der Waals surface area contributed by atoms with Gasteiger partial charge in [0.25, 0.3) is 0 Å². The number of benzene rings is 2. The summed E-state index contributed by atoms with van der Waals surface area (Å²) in [5.74, 6) is -0.0296. The molecule has 0 aromatic heterocycles. The molecule has 2 aromatic carbocycles. The number of carbonyl (C=O) groups excluding carboxylic acids is 1. The topological polar surface area (TPSA) is 64.3 Å². The lowest BCUT2D eigenvalue weighted by Gasteiger charge is -2.25. The Hall–Kier alpha value is -2.17. The summed E-state index contributed by atoms with van der Waals surface area (Å²) in [5, 5.41) is 2.92. The second-order valence-corrected chi connectivity index (χ2v) is 5.83. The number of ether oxygens (including phenoxy) is 1. The molecule has 0 spiro atoms. The Kier molecular flexibility index (Phi) is 5.05. The number of amides is 1. The average Bonchev–Trinajstić information content (AvgIpc) is 2.61. The molecule has 2 unspecified atom stereocenters. The molecule has 4 nitrogen and oxygen atoms in total. The highest BCUT2D eigenvalue weighted by molar-refractivity contribution is 5.76. The first-order valence-corrected chi connectivity index (χ1v) is 8.00. The Morgan fingerprint density at radius 3 is 2.74 bits per heavy atom. The Labute approximate surface area is 136 Å². The van der Waals surface area contributed by atoms with Gasteiger partial charge in [0, 0.05) is 12.6 Å². The zero-order valence-corrected chi connectivity index (χ0v) is 13.1. The van der Waals surface area contributed by atoms with Gasteiger partial charge in [0.05, 0.1) is 19.1 Å². The number of hydrogen-bond donors (Lipinski definition) is 2. The van der Waals surface area contributed by atoms with E-state index < -0.39 is 0 Å². The number of nitrogens with two attached hydrogens (primary N) is 1. The minimum absolute atomic E-state index is 0.0296. The van der Waals surface area contributed by atoms with Crippen LogP contribution >= 0.6 is 0 Å². The third-order valence-corrected chi connectivity index (χ3v) is 4.21. The van der Waals surface area contributed by atoms with E-state index in [0.717, 1.165) is 17.5 Å². The van der Waals surface area contributed by atoms with Crippen LogP contribution in [0.3, 0.4) is 0 Å². The summed E-state index contributed by atoms with van der Waals surface area (Å²) in [6, 6.07) is 17.8. The maximum absolute atomic E-state index is 12.2. The molecule has 23 heavy (non-hydrogen) atoms. The van der Waals surface area contributed by atoms with Crippen molar-refractivity contribution >= 4 is 5.91 Å². The summed E-state index contributed by atoms with van der Waals surface area (Å²) in [5.41, 5.74) is 9.53. The fourth-order valence-corrected chi connectivity index (χ4v) is 2.93. The molecular formula is C19H22N2O2. The van der Waals surface area contributed by atoms with Crippen molar-refractivity contribution in [2.75, 3.05) is 13.2 Å². The van der Waals surface area contributed by atoms with Crippen LogP contribution in [-0.4, -0.2) is 19.1 Å². The average molecular weight is 310 g/mol. The molecule has 2 atom stereocenters. The molecule has 120 valence electrons. The first kappa shape index (κ1) is 15.7. The first-order valence-electron chi connectivity index (χ1n) is 8.00. The van der Waals surface area contributed by atoms with Gasteiger partial charge in [-0.3, -0.25) is 4.79 Å². The lowest BCUT2D eigenvalue weighted by Crippen LogP contribution is -2.33. The van der Waals surface area contributed by atoms with Crippen molar-refractivity contribution in [3.63, 3.8) is 0 Å². The van der Waals surface area contributed by atoms with E-state index in [4.69, 9.17) is 10.5 Å². The third kappa shape index (κ3) is 3.97. The molecule has 0 saturated carbocycles. The fourth-order valence-electron chi connectivity index (χ4n) is 2.93. The number of fused-ring (bicyclic) bond motifs is 1. The Morgan fingerprint density at radius 2 is 1.91 bits per heavy atom. The predicted molar refractivity (Wildman–Crippen MR) is 89.8 cm³/mol. The van der Waals surface area contributed by atoms with Crippen molar-refractivity contribution in [1.29, 1.82) is 0 Å². The highest BCUT2D eigenvalue weighted by atomic mass is 16.5. The zero-order valence-electron chi connectivity index (χ0n) is 13.1. The summed E-state index contributed by atoms with van der Waals surface area (Å²) in [6.45, 7) is 1.09. The largest absolute Gasteiger partial charge is 0.373 e. The smallest absolute Gasteiger partial charge is 0.223 e. The Morgan fingerprint density at radius 1 is 1.17 bits per heavy atom. The molecule has 0 radical (unpaired) electrons. The van der Waals surface area contributed by atoms with E-state index in [9.17, 15) is 4.79 Å². The van der Waals surface area contributed by atoms with E-state index in [1.165, 1.54) is 5.56 Å². The van der Waals surface area contributed by atoms with Crippen molar-refractivity contribution in [3.05, 3.63) is 71.3 Å². The van der Waals surface area contributed by atoms with Gasteiger partial charge in [-0.15, -0.1) is 0 Å². The summed E-state index contributed by atoms with van der Waals surface area (Å²) >= 11 is 0. The second kappa shape index (κ2) is 7.40. The highest BCUT2D eigenvalue weighted by Crippen LogP contribution is 2.29. The summed E-state index contributed by atoms with van der Waals surface area (Å²) in [6.07, 6.45) is 1.08. The normalized spacial score (nSPS) is 18.0. The molecule has 1 amide bonds. The van der Waals surface area contributed by atoms with E-state index in [2.05, 4.69) is 11.4 Å². The van der Waals surface area contributed by atoms with Gasteiger partial charge in [-0.2, -0.15) is 0 Å². The molecule has 0 bridgehead atoms. The molecule has 4 heteroatoms. The zero-order chi connectivity index (χ0) is 16.1. The molecule has 0 saturated heterocycles. The van der Waals surface area contributed by atoms with E-state index >= 15 is 0 Å². The molecule has 1 aliphatic heterocycles. The SMILES string of the molecule is NC(CNC(=O)CC1OCCc2ccccc21)c1ccccc1. The molecular weight excluding hydrogens is 288 g/mol. The Balaban J connectivity index is 1.54. The molecule has 1 heterocycles. The summed E-state index contributed by atoms with van der Waals surface area (Å²) in [4.78, 5) is 12.2. The summed E-state index contributed by atoms with van der Waals surface area (Å²) < 4.78 is 5.77. The van der Waals surface area contributed by atoms with Crippen molar-refractivity contribution in [3.8, 4) is 0 Å². The van der Waals surface area contributed by atoms with Crippen LogP contribution in [0, 0.1) is 0 Å². The van der Waals surface area contributed by atoms with E-state index in [1.807, 2.05) is 48.5 Å². The quantitative estimate of drug-likeness (QED) is 0.892. The lowest BCUT2D eigenvalue weighted by atomic mass is 9.95. The third-order valence-electron chi connectivity index (χ3n) is 4.21. The molecule has 2 aromatic rings. The molecule has 0 fully saturated rings. The van der Waals surface area contributed by atoms with Gasteiger partial charge in [-0.05, 0) is 23.1 Å². The maximum atomic E-state index is 12.2. The monoisotopic (exact) mass is 310 g/mol. The molecule has 3 N–H and O–H groups in total. The van der Waals surface area contributed by atoms with Crippen LogP contribution in [0.5, 0.6) is 0 Å². The van der Waals surface area contributed by atoms with Gasteiger partial charge in [0.15, 0.2) is 0 Å². The minimum atomic E-state index is -0.195. The van der Waals surface area contributed by atoms with E-state index in [1.54, 1.807) is 0 Å². The molecule has 0 aliphatic carbocycles. The van der Waals surface area contributed by atoms with Gasteiger partial charge < -0.3 is 15.8 Å². The lowest BCUT2D eigenvalue weighted by molar-refractivity contribution is -0.124. The number of nitrogens with one attached hydrogen (secondary N) is 1. The van der Waals surface area contributed by atoms with E-state index in [0.29, 0.717) is 19.6 Å². The van der Waals surface area contributed by atoms with Crippen LogP contribution in [0.25, 0.3) is 0 Å². The van der Waals surface area contributed by atoms with Crippen LogP contribution in [0.15, 0.2) is 54.6 Å². The van der Waals surface area contributed by atoms with Crippen molar-refractivity contribution < 1.29 is 9.53 Å². The van der Waals surface area contributed by atoms with Crippen LogP contribution in [0.2, 0.25) is 0 Å². The first-order chi connectivity index (χ1) is 11.2. The maximum Gasteiger partial charge on any atom is 0.223 e. The van der Waals surface area contributed by atoms with Gasteiger partial charge in [-0.1, -0.05) is 54.6 Å². The predicted octanol–water partition coefficient (Wildman–Crippen LogP) is 2.51. The fraction of sp³-hybridized carbons (Fsp3) is 0.316. The van der Waals surface area contributed by atoms with Gasteiger partial charge in [0.2, 0.25) is 5.91 Å². The molecule has 3 rings (SSSR count). The van der Waals surface area contributed by atoms with Crippen LogP contribution in [-0.2, 0) is 16.0 Å². The van der Waals surface area contributed by atoms with Crippen LogP contribution in [0.4, 0.5) is 0 Å². The van der Waals surface area contributed by atoms with Gasteiger partial charge in [0.1, 0.15) is 0 Å². The van der Waals surface area contributed by atoms with E-state index in [-0.39, 0.29) is 18.1 Å². The standard InChI is InChI=1S/C19H22N2O2/c20-17(15-7-2-1-3-8-15)13-21-19(22)12-18-16-9-5-4-6-14(16)10-11-23-18/h1-9,17-18H,10-13,20H2,(H,21,22). The van der Waals surface area contributed by atoms with Crippen molar-refractivity contribution in [1.82, 2.24) is 5.32 Å². The number of rotatable bonds is 5. The minimum Gasteiger partial charge on any atom is -0.373 e. The summed E-state index contributed by atoms with van der Waals surface area (Å²) in [7, 11) is 0. The second-order valence-electron chi connectivity index (χ2n) is 5.83.